The van der Waals surface area contributed by atoms with Crippen molar-refractivity contribution in [2.45, 2.75) is 38.5 Å². The Morgan fingerprint density at radius 1 is 0.591 bits per heavy atom. The number of phenols is 2. The molecule has 2 N–H and O–H groups in total. The lowest BCUT2D eigenvalue weighted by atomic mass is 9.89. The molecular formula is C20H22O2. The number of aromatic hydroxyl groups is 2. The summed E-state index contributed by atoms with van der Waals surface area (Å²) >= 11 is 0. The van der Waals surface area contributed by atoms with Crippen molar-refractivity contribution in [2.24, 2.45) is 0 Å². The Bertz CT molecular complexity index is 594. The van der Waals surface area contributed by atoms with E-state index in [1.165, 1.54) is 36.8 Å². The summed E-state index contributed by atoms with van der Waals surface area (Å²) in [6, 6.07) is 14.9. The van der Waals surface area contributed by atoms with Crippen molar-refractivity contribution in [1.82, 2.24) is 0 Å². The van der Waals surface area contributed by atoms with E-state index < -0.39 is 0 Å². The van der Waals surface area contributed by atoms with Gasteiger partial charge >= 0.3 is 0 Å². The lowest BCUT2D eigenvalue weighted by Gasteiger charge is -2.15. The van der Waals surface area contributed by atoms with Crippen LogP contribution in [0.25, 0.3) is 5.57 Å². The van der Waals surface area contributed by atoms with E-state index in [0.29, 0.717) is 11.5 Å². The first kappa shape index (κ1) is 14.7. The Kier molecular flexibility index (Phi) is 4.47. The van der Waals surface area contributed by atoms with E-state index in [2.05, 4.69) is 0 Å². The molecule has 0 amide bonds. The van der Waals surface area contributed by atoms with Gasteiger partial charge in [-0.05, 0) is 66.6 Å². The van der Waals surface area contributed by atoms with Crippen molar-refractivity contribution < 1.29 is 10.2 Å². The van der Waals surface area contributed by atoms with Crippen LogP contribution in [-0.2, 0) is 0 Å². The van der Waals surface area contributed by atoms with E-state index >= 15 is 0 Å². The highest BCUT2D eigenvalue weighted by atomic mass is 16.3. The summed E-state index contributed by atoms with van der Waals surface area (Å²) in [7, 11) is 0. The molecule has 0 atom stereocenters. The maximum absolute atomic E-state index is 9.55. The van der Waals surface area contributed by atoms with Gasteiger partial charge in [-0.15, -0.1) is 0 Å². The second-order valence-electron chi connectivity index (χ2n) is 5.99. The summed E-state index contributed by atoms with van der Waals surface area (Å²) in [6.07, 6.45) is 7.38. The highest BCUT2D eigenvalue weighted by Crippen LogP contribution is 2.35. The molecule has 0 radical (unpaired) electrons. The number of rotatable bonds is 2. The third kappa shape index (κ3) is 3.33. The van der Waals surface area contributed by atoms with Gasteiger partial charge in [0.25, 0.3) is 0 Å². The van der Waals surface area contributed by atoms with Crippen LogP contribution >= 0.6 is 0 Å². The van der Waals surface area contributed by atoms with E-state index in [0.717, 1.165) is 24.0 Å². The smallest absolute Gasteiger partial charge is 0.115 e. The molecule has 2 nitrogen and oxygen atoms in total. The molecule has 1 aliphatic rings. The third-order valence-corrected chi connectivity index (χ3v) is 4.37. The van der Waals surface area contributed by atoms with Gasteiger partial charge in [0.15, 0.2) is 0 Å². The molecule has 0 saturated heterocycles. The average Bonchev–Trinajstić information content (AvgIpc) is 2.81. The summed E-state index contributed by atoms with van der Waals surface area (Å²) in [5.41, 5.74) is 5.04. The number of hydrogen-bond acceptors (Lipinski definition) is 2. The van der Waals surface area contributed by atoms with Crippen LogP contribution in [0.5, 0.6) is 11.5 Å². The fraction of sp³-hybridized carbons (Fsp3) is 0.300. The third-order valence-electron chi connectivity index (χ3n) is 4.37. The quantitative estimate of drug-likeness (QED) is 0.742. The van der Waals surface area contributed by atoms with Crippen LogP contribution in [0.4, 0.5) is 0 Å². The zero-order chi connectivity index (χ0) is 15.4. The van der Waals surface area contributed by atoms with Crippen LogP contribution in [0.3, 0.4) is 0 Å². The van der Waals surface area contributed by atoms with Crippen LogP contribution in [0.15, 0.2) is 54.1 Å². The molecule has 0 aromatic heterocycles. The second-order valence-corrected chi connectivity index (χ2v) is 5.99. The lowest BCUT2D eigenvalue weighted by molar-refractivity contribution is 0.475. The Morgan fingerprint density at radius 3 is 1.41 bits per heavy atom. The van der Waals surface area contributed by atoms with Crippen molar-refractivity contribution in [3.8, 4) is 11.5 Å². The normalized spacial score (nSPS) is 15.4. The summed E-state index contributed by atoms with van der Waals surface area (Å²) in [6.45, 7) is 0. The Labute approximate surface area is 131 Å². The van der Waals surface area contributed by atoms with Gasteiger partial charge in [0.2, 0.25) is 0 Å². The van der Waals surface area contributed by atoms with Gasteiger partial charge in [0.05, 0.1) is 0 Å². The predicted octanol–water partition coefficient (Wildman–Crippen LogP) is 5.25. The van der Waals surface area contributed by atoms with Crippen LogP contribution in [0.2, 0.25) is 0 Å². The zero-order valence-electron chi connectivity index (χ0n) is 12.8. The van der Waals surface area contributed by atoms with Crippen LogP contribution in [-0.4, -0.2) is 10.2 Å². The van der Waals surface area contributed by atoms with Crippen molar-refractivity contribution >= 4 is 5.57 Å². The minimum absolute atomic E-state index is 0.291. The number of phenolic OH excluding ortho intramolecular Hbond substituents is 2. The van der Waals surface area contributed by atoms with Crippen molar-refractivity contribution in [2.75, 3.05) is 0 Å². The maximum atomic E-state index is 9.55. The summed E-state index contributed by atoms with van der Waals surface area (Å²) in [4.78, 5) is 0. The molecule has 2 aromatic rings. The molecular weight excluding hydrogens is 272 g/mol. The molecule has 22 heavy (non-hydrogen) atoms. The SMILES string of the molecule is Oc1ccc(C(=C2CCCCCC2)c2ccc(O)cc2)cc1. The van der Waals surface area contributed by atoms with Gasteiger partial charge in [-0.2, -0.15) is 0 Å². The fourth-order valence-corrected chi connectivity index (χ4v) is 3.24. The largest absolute Gasteiger partial charge is 0.508 e. The minimum Gasteiger partial charge on any atom is -0.508 e. The fourth-order valence-electron chi connectivity index (χ4n) is 3.24. The molecule has 2 aromatic carbocycles. The van der Waals surface area contributed by atoms with Crippen molar-refractivity contribution in [3.63, 3.8) is 0 Å². The maximum Gasteiger partial charge on any atom is 0.115 e. The van der Waals surface area contributed by atoms with Crippen LogP contribution in [0.1, 0.15) is 49.7 Å². The molecule has 1 aliphatic carbocycles. The van der Waals surface area contributed by atoms with E-state index in [4.69, 9.17) is 0 Å². The Morgan fingerprint density at radius 2 is 1.00 bits per heavy atom. The average molecular weight is 294 g/mol. The second kappa shape index (κ2) is 6.69. The van der Waals surface area contributed by atoms with Crippen molar-refractivity contribution in [3.05, 3.63) is 65.2 Å². The van der Waals surface area contributed by atoms with Crippen LogP contribution in [0, 0.1) is 0 Å². The molecule has 0 aliphatic heterocycles. The summed E-state index contributed by atoms with van der Waals surface area (Å²) < 4.78 is 0. The minimum atomic E-state index is 0.291. The van der Waals surface area contributed by atoms with Gasteiger partial charge in [0, 0.05) is 0 Å². The van der Waals surface area contributed by atoms with Gasteiger partial charge in [-0.25, -0.2) is 0 Å². The van der Waals surface area contributed by atoms with E-state index in [-0.39, 0.29) is 0 Å². The van der Waals surface area contributed by atoms with E-state index in [1.807, 2.05) is 24.3 Å². The highest BCUT2D eigenvalue weighted by Gasteiger charge is 2.14. The van der Waals surface area contributed by atoms with Gasteiger partial charge in [-0.1, -0.05) is 42.7 Å². The standard InChI is InChI=1S/C20H22O2/c21-18-11-7-16(8-12-18)20(15-5-3-1-2-4-6-15)17-9-13-19(22)14-10-17/h7-14,21-22H,1-6H2. The highest BCUT2D eigenvalue weighted by molar-refractivity contribution is 5.82. The van der Waals surface area contributed by atoms with Gasteiger partial charge < -0.3 is 10.2 Å². The zero-order valence-corrected chi connectivity index (χ0v) is 12.8. The molecule has 3 rings (SSSR count). The predicted molar refractivity (Wildman–Crippen MR) is 89.9 cm³/mol. The number of allylic oxidation sites excluding steroid dienone is 1. The summed E-state index contributed by atoms with van der Waals surface area (Å²) in [5.74, 6) is 0.583. The van der Waals surface area contributed by atoms with Crippen LogP contribution < -0.4 is 0 Å². The topological polar surface area (TPSA) is 40.5 Å². The van der Waals surface area contributed by atoms with E-state index in [1.54, 1.807) is 24.3 Å². The first-order valence-corrected chi connectivity index (χ1v) is 8.05. The molecule has 1 fully saturated rings. The molecule has 1 saturated carbocycles. The first-order chi connectivity index (χ1) is 10.7. The lowest BCUT2D eigenvalue weighted by Crippen LogP contribution is -1.95. The molecule has 114 valence electrons. The molecule has 2 heteroatoms. The molecule has 0 bridgehead atoms. The van der Waals surface area contributed by atoms with E-state index in [9.17, 15) is 10.2 Å². The number of hydrogen-bond donors (Lipinski definition) is 2. The summed E-state index contributed by atoms with van der Waals surface area (Å²) in [5, 5.41) is 19.1. The number of benzene rings is 2. The molecule has 0 spiro atoms. The first-order valence-electron chi connectivity index (χ1n) is 8.05. The molecule has 0 unspecified atom stereocenters. The van der Waals surface area contributed by atoms with Crippen molar-refractivity contribution in [1.29, 1.82) is 0 Å². The Hall–Kier alpha value is -2.22. The Balaban J connectivity index is 2.10. The monoisotopic (exact) mass is 294 g/mol. The molecule has 0 heterocycles. The van der Waals surface area contributed by atoms with Gasteiger partial charge in [-0.3, -0.25) is 0 Å². The van der Waals surface area contributed by atoms with Gasteiger partial charge in [0.1, 0.15) is 11.5 Å².